The first-order chi connectivity index (χ1) is 6.74. The van der Waals surface area contributed by atoms with E-state index in [2.05, 4.69) is 25.8 Å². The molecule has 1 rings (SSSR count). The number of hydrazone groups is 1. The molecular formula is C8H11N5S. The van der Waals surface area contributed by atoms with E-state index in [1.54, 1.807) is 19.3 Å². The lowest BCUT2D eigenvalue weighted by molar-refractivity contribution is 0.970. The molecule has 1 heterocycles. The average molecular weight is 209 g/mol. The molecule has 0 aliphatic heterocycles. The molecule has 1 aromatic heterocycles. The Balaban J connectivity index is 2.66. The summed E-state index contributed by atoms with van der Waals surface area (Å²) in [7, 11) is 1.73. The van der Waals surface area contributed by atoms with Gasteiger partial charge in [-0.25, -0.2) is 9.97 Å². The van der Waals surface area contributed by atoms with Crippen molar-refractivity contribution < 1.29 is 0 Å². The third kappa shape index (κ3) is 3.06. The summed E-state index contributed by atoms with van der Waals surface area (Å²) in [6.45, 7) is 1.84. The van der Waals surface area contributed by atoms with Crippen molar-refractivity contribution in [3.8, 4) is 0 Å². The third-order valence-electron chi connectivity index (χ3n) is 1.50. The fourth-order valence-electron chi connectivity index (χ4n) is 0.753. The predicted octanol–water partition coefficient (Wildman–Crippen LogP) is 0.294. The molecule has 14 heavy (non-hydrogen) atoms. The second kappa shape index (κ2) is 5.23. The van der Waals surface area contributed by atoms with E-state index in [4.69, 9.17) is 12.2 Å². The lowest BCUT2D eigenvalue weighted by Gasteiger charge is -2.02. The molecule has 0 saturated heterocycles. The smallest absolute Gasteiger partial charge is 0.186 e. The van der Waals surface area contributed by atoms with E-state index >= 15 is 0 Å². The lowest BCUT2D eigenvalue weighted by Crippen LogP contribution is -2.29. The largest absolute Gasteiger partial charge is 0.364 e. The molecule has 0 unspecified atom stereocenters. The van der Waals surface area contributed by atoms with Crippen molar-refractivity contribution in [1.29, 1.82) is 0 Å². The van der Waals surface area contributed by atoms with Crippen LogP contribution in [0.1, 0.15) is 12.6 Å². The first-order valence-corrected chi connectivity index (χ1v) is 4.43. The number of nitrogens with zero attached hydrogens (tertiary/aromatic N) is 3. The van der Waals surface area contributed by atoms with Crippen LogP contribution in [-0.2, 0) is 0 Å². The first-order valence-electron chi connectivity index (χ1n) is 4.02. The molecule has 6 heteroatoms. The molecule has 0 aliphatic carbocycles. The van der Waals surface area contributed by atoms with Crippen LogP contribution in [0.25, 0.3) is 0 Å². The van der Waals surface area contributed by atoms with Crippen LogP contribution in [0.5, 0.6) is 0 Å². The summed E-state index contributed by atoms with van der Waals surface area (Å²) in [6.07, 6.45) is 3.14. The van der Waals surface area contributed by atoms with Gasteiger partial charge in [-0.05, 0) is 25.2 Å². The summed E-state index contributed by atoms with van der Waals surface area (Å²) in [4.78, 5) is 7.85. The summed E-state index contributed by atoms with van der Waals surface area (Å²) >= 11 is 4.86. The molecule has 5 nitrogen and oxygen atoms in total. The van der Waals surface area contributed by atoms with E-state index in [1.807, 2.05) is 6.92 Å². The quantitative estimate of drug-likeness (QED) is 0.416. The van der Waals surface area contributed by atoms with Crippen LogP contribution in [0.15, 0.2) is 23.7 Å². The van der Waals surface area contributed by atoms with E-state index < -0.39 is 0 Å². The maximum absolute atomic E-state index is 4.86. The summed E-state index contributed by atoms with van der Waals surface area (Å²) < 4.78 is 0. The molecule has 0 saturated carbocycles. The van der Waals surface area contributed by atoms with Crippen LogP contribution in [0.2, 0.25) is 0 Å². The second-order valence-electron chi connectivity index (χ2n) is 2.48. The minimum absolute atomic E-state index is 0.471. The van der Waals surface area contributed by atoms with Gasteiger partial charge >= 0.3 is 0 Å². The molecule has 0 spiro atoms. The van der Waals surface area contributed by atoms with Crippen LogP contribution >= 0.6 is 12.2 Å². The highest BCUT2D eigenvalue weighted by molar-refractivity contribution is 7.80. The molecular weight excluding hydrogens is 198 g/mol. The van der Waals surface area contributed by atoms with Gasteiger partial charge in [0.15, 0.2) is 5.11 Å². The molecule has 0 radical (unpaired) electrons. The highest BCUT2D eigenvalue weighted by atomic mass is 32.1. The monoisotopic (exact) mass is 209 g/mol. The van der Waals surface area contributed by atoms with Gasteiger partial charge < -0.3 is 5.32 Å². The minimum atomic E-state index is 0.471. The Morgan fingerprint density at radius 2 is 2.36 bits per heavy atom. The molecule has 2 N–H and O–H groups in total. The number of hydrogen-bond acceptors (Lipinski definition) is 4. The maximum Gasteiger partial charge on any atom is 0.186 e. The standard InChI is InChI=1S/C8H11N5S/c1-6(12-13-8(14)9-2)7-3-4-10-5-11-7/h3-5H,1-2H3,(H2,9,13,14)/b12-6+. The average Bonchev–Trinajstić information content (AvgIpc) is 2.26. The van der Waals surface area contributed by atoms with Crippen LogP contribution in [0.3, 0.4) is 0 Å². The highest BCUT2D eigenvalue weighted by Gasteiger charge is 1.97. The van der Waals surface area contributed by atoms with Gasteiger partial charge in [0.1, 0.15) is 6.33 Å². The zero-order valence-corrected chi connectivity index (χ0v) is 8.80. The van der Waals surface area contributed by atoms with E-state index in [0.29, 0.717) is 5.11 Å². The maximum atomic E-state index is 4.86. The SMILES string of the molecule is CNC(=S)N/N=C(\C)c1ccncn1. The van der Waals surface area contributed by atoms with Gasteiger partial charge in [-0.3, -0.25) is 5.43 Å². The fourth-order valence-corrected chi connectivity index (χ4v) is 0.798. The van der Waals surface area contributed by atoms with E-state index in [-0.39, 0.29) is 0 Å². The third-order valence-corrected chi connectivity index (χ3v) is 1.80. The summed E-state index contributed by atoms with van der Waals surface area (Å²) in [5.74, 6) is 0. The van der Waals surface area contributed by atoms with Crippen molar-refractivity contribution in [2.45, 2.75) is 6.92 Å². The van der Waals surface area contributed by atoms with E-state index in [0.717, 1.165) is 11.4 Å². The summed E-state index contributed by atoms with van der Waals surface area (Å²) in [6, 6.07) is 1.78. The van der Waals surface area contributed by atoms with Crippen molar-refractivity contribution in [2.75, 3.05) is 7.05 Å². The zero-order valence-electron chi connectivity index (χ0n) is 7.98. The molecule has 0 fully saturated rings. The van der Waals surface area contributed by atoms with Crippen molar-refractivity contribution in [3.05, 3.63) is 24.3 Å². The Hall–Kier alpha value is -1.56. The molecule has 0 aromatic carbocycles. The number of aromatic nitrogens is 2. The molecule has 1 aromatic rings. The van der Waals surface area contributed by atoms with Crippen molar-refractivity contribution in [3.63, 3.8) is 0 Å². The Labute approximate surface area is 87.7 Å². The lowest BCUT2D eigenvalue weighted by atomic mass is 10.3. The van der Waals surface area contributed by atoms with Crippen molar-refractivity contribution >= 4 is 23.0 Å². The van der Waals surface area contributed by atoms with Crippen LogP contribution in [-0.4, -0.2) is 27.8 Å². The first kappa shape index (κ1) is 10.5. The van der Waals surface area contributed by atoms with Gasteiger partial charge in [-0.1, -0.05) is 0 Å². The van der Waals surface area contributed by atoms with Crippen molar-refractivity contribution in [1.82, 2.24) is 20.7 Å². The summed E-state index contributed by atoms with van der Waals surface area (Å²) in [5, 5.41) is 7.26. The Bertz CT molecular complexity index is 335. The number of thiocarbonyl (C=S) groups is 1. The number of hydrogen-bond donors (Lipinski definition) is 2. The highest BCUT2D eigenvalue weighted by Crippen LogP contribution is 1.92. The van der Waals surface area contributed by atoms with Gasteiger partial charge in [0.05, 0.1) is 11.4 Å². The summed E-state index contributed by atoms with van der Waals surface area (Å²) in [5.41, 5.74) is 4.20. The molecule has 0 amide bonds. The zero-order chi connectivity index (χ0) is 10.4. The van der Waals surface area contributed by atoms with E-state index in [9.17, 15) is 0 Å². The topological polar surface area (TPSA) is 62.2 Å². The Morgan fingerprint density at radius 1 is 1.57 bits per heavy atom. The van der Waals surface area contributed by atoms with Crippen molar-refractivity contribution in [2.24, 2.45) is 5.10 Å². The second-order valence-corrected chi connectivity index (χ2v) is 2.89. The minimum Gasteiger partial charge on any atom is -0.364 e. The molecule has 74 valence electrons. The van der Waals surface area contributed by atoms with E-state index in [1.165, 1.54) is 6.33 Å². The van der Waals surface area contributed by atoms with Crippen LogP contribution in [0.4, 0.5) is 0 Å². The fraction of sp³-hybridized carbons (Fsp3) is 0.250. The Morgan fingerprint density at radius 3 is 2.93 bits per heavy atom. The number of nitrogens with one attached hydrogen (secondary N) is 2. The van der Waals surface area contributed by atoms with Crippen LogP contribution in [0, 0.1) is 0 Å². The van der Waals surface area contributed by atoms with Gasteiger partial charge in [0.2, 0.25) is 0 Å². The predicted molar refractivity (Wildman–Crippen MR) is 59.0 cm³/mol. The number of rotatable bonds is 2. The normalized spacial score (nSPS) is 10.9. The van der Waals surface area contributed by atoms with Gasteiger partial charge in [-0.2, -0.15) is 5.10 Å². The van der Waals surface area contributed by atoms with Gasteiger partial charge in [-0.15, -0.1) is 0 Å². The molecule has 0 aliphatic rings. The Kier molecular flexibility index (Phi) is 3.93. The van der Waals surface area contributed by atoms with Gasteiger partial charge in [0.25, 0.3) is 0 Å². The van der Waals surface area contributed by atoms with Crippen LogP contribution < -0.4 is 10.7 Å². The molecule has 0 atom stereocenters. The van der Waals surface area contributed by atoms with Gasteiger partial charge in [0, 0.05) is 13.2 Å². The molecule has 0 bridgehead atoms.